The van der Waals surface area contributed by atoms with Gasteiger partial charge in [-0.3, -0.25) is 14.4 Å². The van der Waals surface area contributed by atoms with E-state index < -0.39 is 0 Å². The Hall–Kier alpha value is -2.37. The van der Waals surface area contributed by atoms with Gasteiger partial charge in [0, 0.05) is 37.2 Å². The zero-order valence-corrected chi connectivity index (χ0v) is 18.3. The third-order valence-corrected chi connectivity index (χ3v) is 6.41. The van der Waals surface area contributed by atoms with Crippen LogP contribution in [-0.2, 0) is 9.59 Å². The largest absolute Gasteiger partial charge is 0.351 e. The lowest BCUT2D eigenvalue weighted by Crippen LogP contribution is -2.55. The average Bonchev–Trinajstić information content (AvgIpc) is 2.75. The van der Waals surface area contributed by atoms with Crippen LogP contribution >= 0.6 is 0 Å². The van der Waals surface area contributed by atoms with E-state index in [9.17, 15) is 14.4 Å². The van der Waals surface area contributed by atoms with Crippen molar-refractivity contribution in [1.82, 2.24) is 15.5 Å². The second-order valence-corrected chi connectivity index (χ2v) is 8.72. The molecule has 3 atom stereocenters. The molecular formula is C24H35N3O3. The number of carbonyl (C=O) groups is 3. The Balaban J connectivity index is 1.59. The zero-order chi connectivity index (χ0) is 21.5. The van der Waals surface area contributed by atoms with Crippen molar-refractivity contribution in [2.75, 3.05) is 13.1 Å². The van der Waals surface area contributed by atoms with Gasteiger partial charge in [0.1, 0.15) is 0 Å². The van der Waals surface area contributed by atoms with E-state index in [4.69, 9.17) is 0 Å². The molecule has 2 aliphatic rings. The molecule has 0 unspecified atom stereocenters. The molecular weight excluding hydrogens is 378 g/mol. The zero-order valence-electron chi connectivity index (χ0n) is 18.3. The van der Waals surface area contributed by atoms with Crippen molar-refractivity contribution < 1.29 is 14.4 Å². The summed E-state index contributed by atoms with van der Waals surface area (Å²) in [6.45, 7) is 5.20. The molecule has 3 rings (SSSR count). The van der Waals surface area contributed by atoms with E-state index in [2.05, 4.69) is 10.6 Å². The van der Waals surface area contributed by atoms with Gasteiger partial charge in [0.15, 0.2) is 0 Å². The number of nitrogens with zero attached hydrogens (tertiary/aromatic N) is 1. The van der Waals surface area contributed by atoms with Crippen molar-refractivity contribution in [3.05, 3.63) is 35.4 Å². The summed E-state index contributed by atoms with van der Waals surface area (Å²) in [6, 6.07) is 7.46. The van der Waals surface area contributed by atoms with E-state index in [0.717, 1.165) is 57.1 Å². The molecule has 3 amide bonds. The van der Waals surface area contributed by atoms with Crippen LogP contribution in [-0.4, -0.2) is 47.8 Å². The van der Waals surface area contributed by atoms with E-state index >= 15 is 0 Å². The van der Waals surface area contributed by atoms with Crippen LogP contribution in [0.15, 0.2) is 24.3 Å². The number of likely N-dealkylation sites (tertiary alicyclic amines) is 1. The Morgan fingerprint density at radius 3 is 2.40 bits per heavy atom. The van der Waals surface area contributed by atoms with Crippen LogP contribution in [0.4, 0.5) is 0 Å². The van der Waals surface area contributed by atoms with Crippen LogP contribution in [0.1, 0.15) is 74.2 Å². The van der Waals surface area contributed by atoms with E-state index in [1.54, 1.807) is 0 Å². The minimum atomic E-state index is -0.158. The predicted octanol–water partition coefficient (Wildman–Crippen LogP) is 3.19. The molecule has 1 aliphatic carbocycles. The number of aryl methyl sites for hydroxylation is 1. The van der Waals surface area contributed by atoms with E-state index in [1.165, 1.54) is 0 Å². The molecule has 2 N–H and O–H groups in total. The molecule has 30 heavy (non-hydrogen) atoms. The fourth-order valence-electron chi connectivity index (χ4n) is 4.64. The molecule has 1 aliphatic heterocycles. The number of amides is 3. The van der Waals surface area contributed by atoms with Crippen LogP contribution in [0.25, 0.3) is 0 Å². The third kappa shape index (κ3) is 5.61. The van der Waals surface area contributed by atoms with Crippen molar-refractivity contribution in [3.8, 4) is 0 Å². The molecule has 0 radical (unpaired) electrons. The predicted molar refractivity (Wildman–Crippen MR) is 117 cm³/mol. The van der Waals surface area contributed by atoms with Gasteiger partial charge in [0.25, 0.3) is 5.91 Å². The van der Waals surface area contributed by atoms with Crippen LogP contribution in [0.2, 0.25) is 0 Å². The highest BCUT2D eigenvalue weighted by Crippen LogP contribution is 2.22. The Kier molecular flexibility index (Phi) is 7.88. The molecule has 6 heteroatoms. The lowest BCUT2D eigenvalue weighted by atomic mass is 9.88. The summed E-state index contributed by atoms with van der Waals surface area (Å²) in [5.41, 5.74) is 1.64. The number of benzene rings is 1. The first kappa shape index (κ1) is 22.3. The molecule has 1 aromatic carbocycles. The molecule has 0 spiro atoms. The number of piperidine rings is 1. The summed E-state index contributed by atoms with van der Waals surface area (Å²) >= 11 is 0. The van der Waals surface area contributed by atoms with Gasteiger partial charge in [-0.2, -0.15) is 0 Å². The maximum atomic E-state index is 13.0. The molecule has 0 bridgehead atoms. The molecule has 1 saturated heterocycles. The minimum Gasteiger partial charge on any atom is -0.351 e. The van der Waals surface area contributed by atoms with Crippen molar-refractivity contribution in [3.63, 3.8) is 0 Å². The van der Waals surface area contributed by atoms with Crippen LogP contribution < -0.4 is 10.6 Å². The fourth-order valence-corrected chi connectivity index (χ4v) is 4.64. The van der Waals surface area contributed by atoms with Gasteiger partial charge in [0.05, 0.1) is 5.92 Å². The summed E-state index contributed by atoms with van der Waals surface area (Å²) in [5, 5.41) is 6.37. The van der Waals surface area contributed by atoms with Crippen LogP contribution in [0.3, 0.4) is 0 Å². The Labute approximate surface area is 179 Å². The van der Waals surface area contributed by atoms with E-state index in [0.29, 0.717) is 18.5 Å². The second-order valence-electron chi connectivity index (χ2n) is 8.72. The number of carbonyl (C=O) groups excluding carboxylic acids is 3. The highest BCUT2D eigenvalue weighted by atomic mass is 16.2. The smallest absolute Gasteiger partial charge is 0.251 e. The first-order valence-electron chi connectivity index (χ1n) is 11.4. The summed E-state index contributed by atoms with van der Waals surface area (Å²) in [7, 11) is 0. The van der Waals surface area contributed by atoms with Crippen molar-refractivity contribution >= 4 is 17.7 Å². The van der Waals surface area contributed by atoms with Gasteiger partial charge >= 0.3 is 0 Å². The topological polar surface area (TPSA) is 78.5 Å². The van der Waals surface area contributed by atoms with Crippen molar-refractivity contribution in [1.29, 1.82) is 0 Å². The Morgan fingerprint density at radius 1 is 1.00 bits per heavy atom. The first-order valence-corrected chi connectivity index (χ1v) is 11.4. The highest BCUT2D eigenvalue weighted by Gasteiger charge is 2.33. The normalized spacial score (nSPS) is 24.2. The minimum absolute atomic E-state index is 0.0195. The third-order valence-electron chi connectivity index (χ3n) is 6.41. The SMILES string of the molecule is CCCC(=O)N1CCC[C@H](C(=O)N[C@@H]2CCCC[C@H]2NC(=O)c2ccccc2C)C1. The molecule has 164 valence electrons. The number of nitrogens with one attached hydrogen (secondary N) is 2. The number of rotatable bonds is 6. The fraction of sp³-hybridized carbons (Fsp3) is 0.625. The molecule has 2 fully saturated rings. The molecule has 1 saturated carbocycles. The van der Waals surface area contributed by atoms with Gasteiger partial charge in [-0.1, -0.05) is 38.0 Å². The molecule has 0 aromatic heterocycles. The van der Waals surface area contributed by atoms with Crippen molar-refractivity contribution in [2.24, 2.45) is 5.92 Å². The summed E-state index contributed by atoms with van der Waals surface area (Å²) in [4.78, 5) is 39.8. The monoisotopic (exact) mass is 413 g/mol. The van der Waals surface area contributed by atoms with Gasteiger partial charge in [-0.25, -0.2) is 0 Å². The van der Waals surface area contributed by atoms with E-state index in [-0.39, 0.29) is 35.7 Å². The maximum absolute atomic E-state index is 13.0. The van der Waals surface area contributed by atoms with Gasteiger partial charge in [-0.15, -0.1) is 0 Å². The quantitative estimate of drug-likeness (QED) is 0.752. The van der Waals surface area contributed by atoms with Crippen molar-refractivity contribution in [2.45, 2.75) is 77.3 Å². The van der Waals surface area contributed by atoms with Crippen LogP contribution in [0.5, 0.6) is 0 Å². The highest BCUT2D eigenvalue weighted by molar-refractivity contribution is 5.95. The second kappa shape index (κ2) is 10.6. The lowest BCUT2D eigenvalue weighted by molar-refractivity contribution is -0.136. The van der Waals surface area contributed by atoms with Gasteiger partial charge in [0.2, 0.25) is 11.8 Å². The summed E-state index contributed by atoms with van der Waals surface area (Å²) < 4.78 is 0. The summed E-state index contributed by atoms with van der Waals surface area (Å²) in [5.74, 6) is -0.0652. The Bertz CT molecular complexity index is 764. The maximum Gasteiger partial charge on any atom is 0.251 e. The lowest BCUT2D eigenvalue weighted by Gasteiger charge is -2.36. The van der Waals surface area contributed by atoms with Gasteiger partial charge < -0.3 is 15.5 Å². The molecule has 6 nitrogen and oxygen atoms in total. The van der Waals surface area contributed by atoms with Crippen LogP contribution in [0, 0.1) is 12.8 Å². The average molecular weight is 414 g/mol. The standard InChI is InChI=1S/C24H35N3O3/c1-3-9-22(28)27-15-8-11-18(16-27)23(29)25-20-13-6-7-14-21(20)26-24(30)19-12-5-4-10-17(19)2/h4-5,10,12,18,20-21H,3,6-9,11,13-16H2,1-2H3,(H,25,29)(H,26,30)/t18-,20+,21+/m0/s1. The number of hydrogen-bond acceptors (Lipinski definition) is 3. The Morgan fingerprint density at radius 2 is 1.70 bits per heavy atom. The van der Waals surface area contributed by atoms with E-state index in [1.807, 2.05) is 43.0 Å². The summed E-state index contributed by atoms with van der Waals surface area (Å²) in [6.07, 6.45) is 6.89. The first-order chi connectivity index (χ1) is 14.5. The van der Waals surface area contributed by atoms with Gasteiger partial charge in [-0.05, 0) is 50.7 Å². The molecule has 1 aromatic rings. The number of hydrogen-bond donors (Lipinski definition) is 2. The molecule has 1 heterocycles.